The zero-order valence-corrected chi connectivity index (χ0v) is 14.0. The molecular formula is C18H23ClN2O. The van der Waals surface area contributed by atoms with Crippen molar-refractivity contribution in [3.05, 3.63) is 53.6 Å². The molecular weight excluding hydrogens is 296 g/mol. The quantitative estimate of drug-likeness (QED) is 0.827. The van der Waals surface area contributed by atoms with Gasteiger partial charge in [0.15, 0.2) is 0 Å². The molecule has 0 bridgehead atoms. The summed E-state index contributed by atoms with van der Waals surface area (Å²) in [5, 5.41) is 13.5. The number of rotatable bonds is 6. The molecule has 0 amide bonds. The summed E-state index contributed by atoms with van der Waals surface area (Å²) in [7, 11) is 1.98. The molecule has 2 aromatic carbocycles. The molecule has 0 spiro atoms. The maximum absolute atomic E-state index is 9.51. The van der Waals surface area contributed by atoms with Crippen LogP contribution in [-0.4, -0.2) is 24.7 Å². The Morgan fingerprint density at radius 1 is 1.09 bits per heavy atom. The van der Waals surface area contributed by atoms with Gasteiger partial charge in [-0.2, -0.15) is 0 Å². The largest absolute Gasteiger partial charge is 0.508 e. The lowest BCUT2D eigenvalue weighted by Crippen LogP contribution is -2.36. The summed E-state index contributed by atoms with van der Waals surface area (Å²) < 4.78 is 0. The van der Waals surface area contributed by atoms with Gasteiger partial charge >= 0.3 is 0 Å². The van der Waals surface area contributed by atoms with E-state index in [1.165, 1.54) is 0 Å². The van der Waals surface area contributed by atoms with Crippen LogP contribution in [0.2, 0.25) is 5.02 Å². The second kappa shape index (κ2) is 7.52. The Bertz CT molecular complexity index is 600. The Morgan fingerprint density at radius 2 is 1.77 bits per heavy atom. The fourth-order valence-corrected chi connectivity index (χ4v) is 2.55. The summed E-state index contributed by atoms with van der Waals surface area (Å²) in [5.41, 5.74) is 2.09. The van der Waals surface area contributed by atoms with E-state index < -0.39 is 0 Å². The Morgan fingerprint density at radius 3 is 2.36 bits per heavy atom. The van der Waals surface area contributed by atoms with Crippen LogP contribution in [0.15, 0.2) is 48.5 Å². The van der Waals surface area contributed by atoms with E-state index in [-0.39, 0.29) is 5.75 Å². The number of hydrogen-bond acceptors (Lipinski definition) is 3. The first kappa shape index (κ1) is 16.7. The first-order chi connectivity index (χ1) is 10.5. The molecule has 2 atom stereocenters. The number of halogens is 1. The van der Waals surface area contributed by atoms with E-state index in [0.717, 1.165) is 22.9 Å². The second-order valence-electron chi connectivity index (χ2n) is 5.66. The summed E-state index contributed by atoms with van der Waals surface area (Å²) in [6.45, 7) is 5.25. The smallest absolute Gasteiger partial charge is 0.115 e. The highest BCUT2D eigenvalue weighted by Crippen LogP contribution is 2.30. The minimum absolute atomic E-state index is 0.270. The van der Waals surface area contributed by atoms with Gasteiger partial charge in [0.05, 0.1) is 0 Å². The lowest BCUT2D eigenvalue weighted by molar-refractivity contribution is 0.432. The van der Waals surface area contributed by atoms with Crippen LogP contribution in [0, 0.1) is 5.92 Å². The van der Waals surface area contributed by atoms with Crippen molar-refractivity contribution < 1.29 is 5.11 Å². The monoisotopic (exact) mass is 318 g/mol. The van der Waals surface area contributed by atoms with Crippen LogP contribution < -0.4 is 10.2 Å². The molecule has 0 aliphatic rings. The number of nitrogens with zero attached hydrogens (tertiary/aromatic N) is 1. The Balaban J connectivity index is 2.34. The maximum atomic E-state index is 9.51. The minimum Gasteiger partial charge on any atom is -0.508 e. The number of hydrogen-bond donors (Lipinski definition) is 2. The van der Waals surface area contributed by atoms with E-state index in [9.17, 15) is 5.11 Å². The van der Waals surface area contributed by atoms with Crippen molar-refractivity contribution in [3.8, 4) is 5.75 Å². The molecule has 0 aliphatic carbocycles. The highest BCUT2D eigenvalue weighted by Gasteiger charge is 2.17. The topological polar surface area (TPSA) is 35.5 Å². The van der Waals surface area contributed by atoms with Crippen LogP contribution in [-0.2, 0) is 0 Å². The van der Waals surface area contributed by atoms with Gasteiger partial charge in [-0.3, -0.25) is 0 Å². The van der Waals surface area contributed by atoms with Crippen molar-refractivity contribution in [3.63, 3.8) is 0 Å². The van der Waals surface area contributed by atoms with E-state index in [1.807, 2.05) is 37.4 Å². The van der Waals surface area contributed by atoms with Crippen molar-refractivity contribution in [1.29, 1.82) is 0 Å². The number of anilines is 2. The first-order valence-corrected chi connectivity index (χ1v) is 7.88. The van der Waals surface area contributed by atoms with Gasteiger partial charge in [0, 0.05) is 29.0 Å². The average molecular weight is 319 g/mol. The molecule has 0 radical (unpaired) electrons. The van der Waals surface area contributed by atoms with Crippen molar-refractivity contribution in [2.45, 2.75) is 19.9 Å². The zero-order chi connectivity index (χ0) is 16.1. The molecule has 0 saturated heterocycles. The van der Waals surface area contributed by atoms with Crippen molar-refractivity contribution >= 4 is 23.0 Å². The average Bonchev–Trinajstić information content (AvgIpc) is 2.52. The molecule has 2 aromatic rings. The molecule has 0 aromatic heterocycles. The third kappa shape index (κ3) is 4.15. The fraction of sp³-hybridized carbons (Fsp3) is 0.333. The Kier molecular flexibility index (Phi) is 5.69. The SMILES string of the molecule is CNC(C)C(C)CN(c1ccc(O)cc1)c1cccc(Cl)c1. The van der Waals surface area contributed by atoms with Gasteiger partial charge in [0.1, 0.15) is 5.75 Å². The van der Waals surface area contributed by atoms with E-state index in [0.29, 0.717) is 12.0 Å². The molecule has 2 N–H and O–H groups in total. The van der Waals surface area contributed by atoms with Crippen molar-refractivity contribution in [2.75, 3.05) is 18.5 Å². The zero-order valence-electron chi connectivity index (χ0n) is 13.3. The van der Waals surface area contributed by atoms with Gasteiger partial charge in [-0.15, -0.1) is 0 Å². The molecule has 4 heteroatoms. The predicted molar refractivity (Wildman–Crippen MR) is 94.3 cm³/mol. The molecule has 0 aliphatic heterocycles. The van der Waals surface area contributed by atoms with Gasteiger partial charge in [0.25, 0.3) is 0 Å². The van der Waals surface area contributed by atoms with Gasteiger partial charge in [-0.1, -0.05) is 24.6 Å². The van der Waals surface area contributed by atoms with Crippen LogP contribution >= 0.6 is 11.6 Å². The van der Waals surface area contributed by atoms with E-state index in [4.69, 9.17) is 11.6 Å². The summed E-state index contributed by atoms with van der Waals surface area (Å²) in [5.74, 6) is 0.712. The van der Waals surface area contributed by atoms with Crippen molar-refractivity contribution in [2.24, 2.45) is 5.92 Å². The first-order valence-electron chi connectivity index (χ1n) is 7.50. The van der Waals surface area contributed by atoms with Crippen LogP contribution in [0.3, 0.4) is 0 Å². The molecule has 0 saturated carbocycles. The summed E-state index contributed by atoms with van der Waals surface area (Å²) in [4.78, 5) is 2.23. The Hall–Kier alpha value is -1.71. The lowest BCUT2D eigenvalue weighted by atomic mass is 10.0. The Labute approximate surface area is 137 Å². The highest BCUT2D eigenvalue weighted by molar-refractivity contribution is 6.30. The number of nitrogens with one attached hydrogen (secondary N) is 1. The van der Waals surface area contributed by atoms with Crippen LogP contribution in [0.4, 0.5) is 11.4 Å². The number of phenolic OH excluding ortho intramolecular Hbond substituents is 1. The van der Waals surface area contributed by atoms with E-state index in [2.05, 4.69) is 30.1 Å². The molecule has 118 valence electrons. The summed E-state index contributed by atoms with van der Waals surface area (Å²) >= 11 is 6.15. The van der Waals surface area contributed by atoms with Gasteiger partial charge in [-0.05, 0) is 62.4 Å². The molecule has 2 unspecified atom stereocenters. The molecule has 0 heterocycles. The summed E-state index contributed by atoms with van der Waals surface area (Å²) in [6.07, 6.45) is 0. The minimum atomic E-state index is 0.270. The highest BCUT2D eigenvalue weighted by atomic mass is 35.5. The van der Waals surface area contributed by atoms with Gasteiger partial charge < -0.3 is 15.3 Å². The van der Waals surface area contributed by atoms with Crippen LogP contribution in [0.5, 0.6) is 5.75 Å². The molecule has 22 heavy (non-hydrogen) atoms. The maximum Gasteiger partial charge on any atom is 0.115 e. The standard InChI is InChI=1S/C18H23ClN2O/c1-13(14(2)20-3)12-21(16-7-9-18(22)10-8-16)17-6-4-5-15(19)11-17/h4-11,13-14,20,22H,12H2,1-3H3. The van der Waals surface area contributed by atoms with E-state index >= 15 is 0 Å². The van der Waals surface area contributed by atoms with Gasteiger partial charge in [-0.25, -0.2) is 0 Å². The number of benzene rings is 2. The van der Waals surface area contributed by atoms with E-state index in [1.54, 1.807) is 12.1 Å². The fourth-order valence-electron chi connectivity index (χ4n) is 2.37. The van der Waals surface area contributed by atoms with Crippen LogP contribution in [0.1, 0.15) is 13.8 Å². The van der Waals surface area contributed by atoms with Crippen LogP contribution in [0.25, 0.3) is 0 Å². The van der Waals surface area contributed by atoms with Crippen molar-refractivity contribution in [1.82, 2.24) is 5.32 Å². The van der Waals surface area contributed by atoms with Gasteiger partial charge in [0.2, 0.25) is 0 Å². The number of phenols is 1. The molecule has 3 nitrogen and oxygen atoms in total. The third-order valence-corrected chi connectivity index (χ3v) is 4.30. The second-order valence-corrected chi connectivity index (χ2v) is 6.10. The third-order valence-electron chi connectivity index (χ3n) is 4.06. The molecule has 0 fully saturated rings. The summed E-state index contributed by atoms with van der Waals surface area (Å²) in [6, 6.07) is 15.5. The lowest BCUT2D eigenvalue weighted by Gasteiger charge is -2.30. The predicted octanol–water partition coefficient (Wildman–Crippen LogP) is 4.43. The molecule has 2 rings (SSSR count). The normalized spacial score (nSPS) is 13.6. The number of aromatic hydroxyl groups is 1.